The highest BCUT2D eigenvalue weighted by molar-refractivity contribution is 7.07. The number of benzene rings is 3. The molecule has 5 rings (SSSR count). The lowest BCUT2D eigenvalue weighted by Gasteiger charge is -2.25. The fourth-order valence-corrected chi connectivity index (χ4v) is 6.63. The molecule has 0 unspecified atom stereocenters. The number of ether oxygens (including phenoxy) is 2. The molecule has 0 N–H and O–H groups in total. The molecule has 0 bridgehead atoms. The van der Waals surface area contributed by atoms with E-state index < -0.39 is 12.0 Å². The minimum Gasteiger partial charge on any atom is -0.488 e. The molecule has 0 saturated heterocycles. The third-order valence-corrected chi connectivity index (χ3v) is 9.28. The number of halogens is 2. The smallest absolute Gasteiger partial charge is 0.338 e. The van der Waals surface area contributed by atoms with E-state index >= 15 is 0 Å². The number of carbonyl (C=O) groups excluding carboxylic acids is 1. The van der Waals surface area contributed by atoms with Gasteiger partial charge in [0.25, 0.3) is 5.56 Å². The summed E-state index contributed by atoms with van der Waals surface area (Å²) in [6.07, 6.45) is 2.34. The van der Waals surface area contributed by atoms with Crippen LogP contribution in [0.4, 0.5) is 5.69 Å². The number of rotatable bonds is 10. The molecule has 3 aromatic carbocycles. The summed E-state index contributed by atoms with van der Waals surface area (Å²) in [4.78, 5) is 34.7. The Balaban J connectivity index is 1.65. The fraction of sp³-hybridized carbons (Fsp3) is 0.265. The van der Waals surface area contributed by atoms with Gasteiger partial charge in [0.05, 0.1) is 39.0 Å². The zero-order chi connectivity index (χ0) is 31.4. The second-order valence-corrected chi connectivity index (χ2v) is 12.0. The van der Waals surface area contributed by atoms with Crippen molar-refractivity contribution in [3.05, 3.63) is 124 Å². The maximum absolute atomic E-state index is 14.1. The summed E-state index contributed by atoms with van der Waals surface area (Å²) in [6, 6.07) is 20.2. The van der Waals surface area contributed by atoms with Crippen molar-refractivity contribution >= 4 is 52.3 Å². The highest BCUT2D eigenvalue weighted by Gasteiger charge is 2.33. The summed E-state index contributed by atoms with van der Waals surface area (Å²) >= 11 is 13.6. The standard InChI is InChI=1S/C34H33Cl2N3O4S/c1-5-27-30(33(41)42-4)31(22-11-9-8-10-12-22)39-32(40)29(44-34(39)37-27)18-23-14-15-24(38(6-2)7-3)19-28(23)43-20-21-13-16-25(35)26(36)17-21/h8-19,31H,5-7,20H2,1-4H3/b29-18+/t31-/m0/s1. The van der Waals surface area contributed by atoms with Crippen molar-refractivity contribution < 1.29 is 14.3 Å². The van der Waals surface area contributed by atoms with Crippen LogP contribution in [0.15, 0.2) is 87.8 Å². The third-order valence-electron chi connectivity index (χ3n) is 7.56. The van der Waals surface area contributed by atoms with Crippen molar-refractivity contribution in [3.63, 3.8) is 0 Å². The topological polar surface area (TPSA) is 73.1 Å². The highest BCUT2D eigenvalue weighted by atomic mass is 35.5. The van der Waals surface area contributed by atoms with Crippen LogP contribution in [0.3, 0.4) is 0 Å². The van der Waals surface area contributed by atoms with Gasteiger partial charge in [-0.1, -0.05) is 77.9 Å². The van der Waals surface area contributed by atoms with Gasteiger partial charge in [-0.3, -0.25) is 9.36 Å². The van der Waals surface area contributed by atoms with Gasteiger partial charge in [0.15, 0.2) is 4.80 Å². The molecule has 7 nitrogen and oxygen atoms in total. The first-order valence-corrected chi connectivity index (χ1v) is 16.0. The van der Waals surface area contributed by atoms with Crippen molar-refractivity contribution in [1.29, 1.82) is 0 Å². The Hall–Kier alpha value is -3.85. The van der Waals surface area contributed by atoms with Crippen molar-refractivity contribution in [2.24, 2.45) is 4.99 Å². The molecule has 2 heterocycles. The van der Waals surface area contributed by atoms with Crippen LogP contribution in [0.5, 0.6) is 5.75 Å². The number of thiazole rings is 1. The Kier molecular flexibility index (Phi) is 9.93. The van der Waals surface area contributed by atoms with E-state index in [-0.39, 0.29) is 12.2 Å². The molecule has 0 radical (unpaired) electrons. The molecule has 1 aliphatic heterocycles. The number of nitrogens with zero attached hydrogens (tertiary/aromatic N) is 3. The largest absolute Gasteiger partial charge is 0.488 e. The van der Waals surface area contributed by atoms with E-state index in [1.165, 1.54) is 18.4 Å². The van der Waals surface area contributed by atoms with Gasteiger partial charge in [-0.15, -0.1) is 0 Å². The fourth-order valence-electron chi connectivity index (χ4n) is 5.30. The molecule has 1 aromatic heterocycles. The van der Waals surface area contributed by atoms with Gasteiger partial charge in [-0.2, -0.15) is 0 Å². The molecule has 0 spiro atoms. The average Bonchev–Trinajstić information content (AvgIpc) is 3.36. The van der Waals surface area contributed by atoms with Crippen LogP contribution in [-0.4, -0.2) is 30.7 Å². The zero-order valence-corrected chi connectivity index (χ0v) is 27.3. The summed E-state index contributed by atoms with van der Waals surface area (Å²) in [5, 5.41) is 0.933. The van der Waals surface area contributed by atoms with E-state index in [1.807, 2.05) is 67.6 Å². The minimum atomic E-state index is -0.660. The van der Waals surface area contributed by atoms with E-state index in [4.69, 9.17) is 37.7 Å². The number of fused-ring (bicyclic) bond motifs is 1. The van der Waals surface area contributed by atoms with Gasteiger partial charge in [-0.25, -0.2) is 9.79 Å². The average molecular weight is 651 g/mol. The predicted octanol–water partition coefficient (Wildman–Crippen LogP) is 6.53. The Morgan fingerprint density at radius 2 is 1.77 bits per heavy atom. The number of esters is 1. The zero-order valence-electron chi connectivity index (χ0n) is 25.0. The van der Waals surface area contributed by atoms with E-state index in [0.717, 1.165) is 35.5 Å². The lowest BCUT2D eigenvalue weighted by atomic mass is 9.95. The molecule has 4 aromatic rings. The number of hydrogen-bond donors (Lipinski definition) is 0. The molecular formula is C34H33Cl2N3O4S. The number of aromatic nitrogens is 1. The monoisotopic (exact) mass is 649 g/mol. The Bertz CT molecular complexity index is 1900. The van der Waals surface area contributed by atoms with Crippen molar-refractivity contribution in [2.45, 2.75) is 39.8 Å². The van der Waals surface area contributed by atoms with E-state index in [1.54, 1.807) is 16.7 Å². The van der Waals surface area contributed by atoms with Gasteiger partial charge < -0.3 is 14.4 Å². The molecule has 0 amide bonds. The van der Waals surface area contributed by atoms with E-state index in [9.17, 15) is 9.59 Å². The molecule has 1 aliphatic rings. The number of anilines is 1. The van der Waals surface area contributed by atoms with Crippen LogP contribution in [0.25, 0.3) is 6.08 Å². The highest BCUT2D eigenvalue weighted by Crippen LogP contribution is 2.32. The van der Waals surface area contributed by atoms with E-state index in [0.29, 0.717) is 42.8 Å². The molecule has 228 valence electrons. The summed E-state index contributed by atoms with van der Waals surface area (Å²) < 4.78 is 13.6. The first kappa shape index (κ1) is 31.6. The normalized spacial score (nSPS) is 14.7. The Labute approximate surface area is 270 Å². The predicted molar refractivity (Wildman–Crippen MR) is 178 cm³/mol. The van der Waals surface area contributed by atoms with Crippen molar-refractivity contribution in [1.82, 2.24) is 4.57 Å². The first-order chi connectivity index (χ1) is 21.3. The van der Waals surface area contributed by atoms with Crippen LogP contribution in [0.2, 0.25) is 10.0 Å². The number of hydrogen-bond acceptors (Lipinski definition) is 7. The Morgan fingerprint density at radius 3 is 2.43 bits per heavy atom. The summed E-state index contributed by atoms with van der Waals surface area (Å²) in [5.41, 5.74) is 4.14. The first-order valence-electron chi connectivity index (χ1n) is 14.4. The quantitative estimate of drug-likeness (QED) is 0.183. The number of carbonyl (C=O) groups is 1. The molecule has 0 aliphatic carbocycles. The van der Waals surface area contributed by atoms with Crippen LogP contribution >= 0.6 is 34.5 Å². The van der Waals surface area contributed by atoms with Gasteiger partial charge in [0, 0.05) is 30.4 Å². The van der Waals surface area contributed by atoms with Crippen molar-refractivity contribution in [3.8, 4) is 5.75 Å². The summed E-state index contributed by atoms with van der Waals surface area (Å²) in [7, 11) is 1.34. The molecule has 0 saturated carbocycles. The SMILES string of the molecule is CCC1=C(C(=O)OC)[C@H](c2ccccc2)n2c(s/c(=C/c3ccc(N(CC)CC)cc3OCc3ccc(Cl)c(Cl)c3)c2=O)=N1. The lowest BCUT2D eigenvalue weighted by Crippen LogP contribution is -2.40. The van der Waals surface area contributed by atoms with Crippen LogP contribution < -0.4 is 24.5 Å². The minimum absolute atomic E-state index is 0.248. The molecule has 44 heavy (non-hydrogen) atoms. The Morgan fingerprint density at radius 1 is 1.02 bits per heavy atom. The summed E-state index contributed by atoms with van der Waals surface area (Å²) in [5.74, 6) is 0.120. The maximum atomic E-state index is 14.1. The number of methoxy groups -OCH3 is 1. The third kappa shape index (κ3) is 6.34. The molecular weight excluding hydrogens is 617 g/mol. The summed E-state index contributed by atoms with van der Waals surface area (Å²) in [6.45, 7) is 8.07. The molecule has 10 heteroatoms. The van der Waals surface area contributed by atoms with Crippen molar-refractivity contribution in [2.75, 3.05) is 25.1 Å². The maximum Gasteiger partial charge on any atom is 0.338 e. The molecule has 0 fully saturated rings. The van der Waals surface area contributed by atoms with E-state index in [2.05, 4.69) is 18.7 Å². The van der Waals surface area contributed by atoms with Crippen LogP contribution in [-0.2, 0) is 16.1 Å². The second kappa shape index (κ2) is 13.8. The molecule has 1 atom stereocenters. The van der Waals surface area contributed by atoms with Gasteiger partial charge in [-0.05, 0) is 61.7 Å². The van der Waals surface area contributed by atoms with Gasteiger partial charge in [0.1, 0.15) is 12.4 Å². The number of allylic oxidation sites excluding steroid dienone is 1. The van der Waals surface area contributed by atoms with Gasteiger partial charge in [0.2, 0.25) is 0 Å². The second-order valence-electron chi connectivity index (χ2n) is 10.1. The van der Waals surface area contributed by atoms with Crippen LogP contribution in [0.1, 0.15) is 49.9 Å². The van der Waals surface area contributed by atoms with Gasteiger partial charge >= 0.3 is 5.97 Å². The lowest BCUT2D eigenvalue weighted by molar-refractivity contribution is -0.136. The van der Waals surface area contributed by atoms with Crippen LogP contribution in [0, 0.1) is 0 Å².